The van der Waals surface area contributed by atoms with Gasteiger partial charge in [-0.1, -0.05) is 11.6 Å². The van der Waals surface area contributed by atoms with Crippen LogP contribution in [-0.2, 0) is 0 Å². The van der Waals surface area contributed by atoms with Gasteiger partial charge in [-0.25, -0.2) is 10.8 Å². The third-order valence-electron chi connectivity index (χ3n) is 4.48. The summed E-state index contributed by atoms with van der Waals surface area (Å²) in [5, 5.41) is 0.590. The zero-order chi connectivity index (χ0) is 14.7. The maximum atomic E-state index is 6.22. The lowest BCUT2D eigenvalue weighted by molar-refractivity contribution is 0.249. The number of aromatic nitrogens is 2. The molecular formula is C14H23ClN6. The average Bonchev–Trinajstić information content (AvgIpc) is 3.02. The van der Waals surface area contributed by atoms with Crippen molar-refractivity contribution in [1.82, 2.24) is 14.9 Å². The van der Waals surface area contributed by atoms with Crippen molar-refractivity contribution in [2.45, 2.75) is 25.7 Å². The first-order valence-corrected chi connectivity index (χ1v) is 8.10. The predicted molar refractivity (Wildman–Crippen MR) is 85.5 cm³/mol. The first kappa shape index (κ1) is 14.8. The molecule has 7 heteroatoms. The van der Waals surface area contributed by atoms with Crippen LogP contribution in [0.15, 0.2) is 6.20 Å². The molecule has 2 saturated heterocycles. The van der Waals surface area contributed by atoms with E-state index in [4.69, 9.17) is 17.4 Å². The summed E-state index contributed by atoms with van der Waals surface area (Å²) in [7, 11) is 0. The average molecular weight is 311 g/mol. The maximum absolute atomic E-state index is 6.22. The van der Waals surface area contributed by atoms with E-state index in [1.54, 1.807) is 6.20 Å². The van der Waals surface area contributed by atoms with Gasteiger partial charge < -0.3 is 9.80 Å². The maximum Gasteiger partial charge on any atom is 0.239 e. The zero-order valence-electron chi connectivity index (χ0n) is 12.3. The number of hydrazine groups is 1. The van der Waals surface area contributed by atoms with Gasteiger partial charge >= 0.3 is 0 Å². The summed E-state index contributed by atoms with van der Waals surface area (Å²) in [6.45, 7) is 5.81. The van der Waals surface area contributed by atoms with Crippen LogP contribution >= 0.6 is 11.6 Å². The van der Waals surface area contributed by atoms with Crippen molar-refractivity contribution in [2.75, 3.05) is 43.0 Å². The highest BCUT2D eigenvalue weighted by Crippen LogP contribution is 2.28. The van der Waals surface area contributed by atoms with E-state index in [2.05, 4.69) is 25.2 Å². The van der Waals surface area contributed by atoms with Crippen LogP contribution in [-0.4, -0.2) is 47.6 Å². The third kappa shape index (κ3) is 3.56. The molecule has 0 aromatic carbocycles. The monoisotopic (exact) mass is 310 g/mol. The molecule has 3 N–H and O–H groups in total. The molecule has 2 aliphatic rings. The van der Waals surface area contributed by atoms with Gasteiger partial charge in [0.05, 0.1) is 6.20 Å². The minimum absolute atomic E-state index is 0.411. The van der Waals surface area contributed by atoms with Gasteiger partial charge in [-0.2, -0.15) is 4.98 Å². The number of nitrogen functional groups attached to an aromatic ring is 1. The van der Waals surface area contributed by atoms with E-state index in [1.165, 1.54) is 45.3 Å². The van der Waals surface area contributed by atoms with Gasteiger partial charge in [0.2, 0.25) is 5.95 Å². The number of piperidine rings is 1. The Morgan fingerprint density at radius 1 is 1.24 bits per heavy atom. The quantitative estimate of drug-likeness (QED) is 0.652. The second-order valence-electron chi connectivity index (χ2n) is 5.95. The van der Waals surface area contributed by atoms with Crippen LogP contribution in [0, 0.1) is 5.92 Å². The Bertz CT molecular complexity index is 469. The molecule has 2 fully saturated rings. The second kappa shape index (κ2) is 6.77. The number of halogens is 1. The van der Waals surface area contributed by atoms with Crippen molar-refractivity contribution in [1.29, 1.82) is 0 Å². The minimum Gasteiger partial charge on any atom is -0.355 e. The summed E-state index contributed by atoms with van der Waals surface area (Å²) in [5.41, 5.74) is 2.48. The van der Waals surface area contributed by atoms with Crippen LogP contribution < -0.4 is 16.2 Å². The highest BCUT2D eigenvalue weighted by molar-refractivity contribution is 6.32. The van der Waals surface area contributed by atoms with Crippen molar-refractivity contribution in [3.8, 4) is 0 Å². The first-order valence-electron chi connectivity index (χ1n) is 7.72. The summed E-state index contributed by atoms with van der Waals surface area (Å²) < 4.78 is 0. The van der Waals surface area contributed by atoms with Crippen LogP contribution in [0.4, 0.5) is 11.8 Å². The van der Waals surface area contributed by atoms with Crippen molar-refractivity contribution < 1.29 is 0 Å². The number of hydrogen-bond acceptors (Lipinski definition) is 6. The van der Waals surface area contributed by atoms with Gasteiger partial charge in [0.15, 0.2) is 5.82 Å². The topological polar surface area (TPSA) is 70.3 Å². The highest BCUT2D eigenvalue weighted by Gasteiger charge is 2.24. The van der Waals surface area contributed by atoms with E-state index in [0.29, 0.717) is 11.0 Å². The van der Waals surface area contributed by atoms with Crippen LogP contribution in [0.25, 0.3) is 0 Å². The van der Waals surface area contributed by atoms with Gasteiger partial charge in [-0.3, -0.25) is 5.43 Å². The molecular weight excluding hydrogens is 288 g/mol. The number of likely N-dealkylation sites (tertiary alicyclic amines) is 1. The van der Waals surface area contributed by atoms with Gasteiger partial charge in [0, 0.05) is 19.6 Å². The first-order chi connectivity index (χ1) is 10.3. The molecule has 0 aliphatic carbocycles. The van der Waals surface area contributed by atoms with E-state index in [-0.39, 0.29) is 0 Å². The number of nitrogens with zero attached hydrogens (tertiary/aromatic N) is 4. The lowest BCUT2D eigenvalue weighted by Gasteiger charge is -2.34. The van der Waals surface area contributed by atoms with Crippen LogP contribution in [0.1, 0.15) is 25.7 Å². The number of nitrogens with one attached hydrogen (secondary N) is 1. The predicted octanol–water partition coefficient (Wildman–Crippen LogP) is 1.73. The fourth-order valence-electron chi connectivity index (χ4n) is 3.31. The Balaban J connectivity index is 1.57. The molecule has 0 saturated carbocycles. The highest BCUT2D eigenvalue weighted by atomic mass is 35.5. The second-order valence-corrected chi connectivity index (χ2v) is 6.35. The lowest BCUT2D eigenvalue weighted by Crippen LogP contribution is -2.38. The van der Waals surface area contributed by atoms with Gasteiger partial charge in [-0.15, -0.1) is 0 Å². The van der Waals surface area contributed by atoms with Crippen molar-refractivity contribution in [2.24, 2.45) is 11.8 Å². The number of anilines is 2. The van der Waals surface area contributed by atoms with E-state index in [1.807, 2.05) is 0 Å². The minimum atomic E-state index is 0.411. The fourth-order valence-corrected chi connectivity index (χ4v) is 3.52. The summed E-state index contributed by atoms with van der Waals surface area (Å²) in [6, 6.07) is 0. The number of hydrogen-bond donors (Lipinski definition) is 2. The van der Waals surface area contributed by atoms with E-state index >= 15 is 0 Å². The van der Waals surface area contributed by atoms with Crippen molar-refractivity contribution in [3.05, 3.63) is 11.2 Å². The van der Waals surface area contributed by atoms with Crippen molar-refractivity contribution >= 4 is 23.4 Å². The smallest absolute Gasteiger partial charge is 0.239 e. The van der Waals surface area contributed by atoms with Crippen LogP contribution in [0.2, 0.25) is 5.02 Å². The number of nitrogens with two attached hydrogens (primary N) is 1. The van der Waals surface area contributed by atoms with Crippen molar-refractivity contribution in [3.63, 3.8) is 0 Å². The Hall–Kier alpha value is -1.11. The van der Waals surface area contributed by atoms with Gasteiger partial charge in [0.25, 0.3) is 0 Å². The SMILES string of the molecule is NNc1ncc(Cl)c(N2CCC(CN3CCCC3)CC2)n1. The molecule has 0 spiro atoms. The normalized spacial score (nSPS) is 21.0. The van der Waals surface area contributed by atoms with E-state index < -0.39 is 0 Å². The lowest BCUT2D eigenvalue weighted by atomic mass is 9.96. The van der Waals surface area contributed by atoms with Gasteiger partial charge in [-0.05, 0) is 44.7 Å². The van der Waals surface area contributed by atoms with E-state index in [0.717, 1.165) is 24.8 Å². The Morgan fingerprint density at radius 2 is 1.95 bits per heavy atom. The molecule has 6 nitrogen and oxygen atoms in total. The molecule has 3 heterocycles. The largest absolute Gasteiger partial charge is 0.355 e. The molecule has 116 valence electrons. The molecule has 0 bridgehead atoms. The number of rotatable bonds is 4. The molecule has 1 aromatic rings. The van der Waals surface area contributed by atoms with E-state index in [9.17, 15) is 0 Å². The molecule has 0 radical (unpaired) electrons. The van der Waals surface area contributed by atoms with Crippen LogP contribution in [0.5, 0.6) is 0 Å². The summed E-state index contributed by atoms with van der Waals surface area (Å²) >= 11 is 6.22. The van der Waals surface area contributed by atoms with Crippen LogP contribution in [0.3, 0.4) is 0 Å². The molecule has 0 unspecified atom stereocenters. The summed E-state index contributed by atoms with van der Waals surface area (Å²) in [6.07, 6.45) is 6.73. The molecule has 2 aliphatic heterocycles. The Labute approximate surface area is 130 Å². The molecule has 3 rings (SSSR count). The molecule has 0 atom stereocenters. The molecule has 1 aromatic heterocycles. The Morgan fingerprint density at radius 3 is 2.62 bits per heavy atom. The third-order valence-corrected chi connectivity index (χ3v) is 4.75. The zero-order valence-corrected chi connectivity index (χ0v) is 13.0. The summed E-state index contributed by atoms with van der Waals surface area (Å²) in [4.78, 5) is 13.2. The summed E-state index contributed by atoms with van der Waals surface area (Å²) in [5.74, 6) is 7.37. The molecule has 21 heavy (non-hydrogen) atoms. The Kier molecular flexibility index (Phi) is 4.77. The standard InChI is InChI=1S/C14H23ClN6/c15-12-9-17-14(19-16)18-13(12)21-7-3-11(4-8-21)10-20-5-1-2-6-20/h9,11H,1-8,10,16H2,(H,17,18,19). The van der Waals surface area contributed by atoms with Gasteiger partial charge in [0.1, 0.15) is 5.02 Å². The molecule has 0 amide bonds. The fraction of sp³-hybridized carbons (Fsp3) is 0.714.